The lowest BCUT2D eigenvalue weighted by molar-refractivity contribution is 0.0787. The standard InChI is InChI=1S/C11H15NO2/c1-8-3-9(5-10(13)4-8)12-6-11(7-12)14-2/h3-5,11,13H,6-7H2,1-2H3. The number of rotatable bonds is 2. The van der Waals surface area contributed by atoms with Crippen molar-refractivity contribution in [3.05, 3.63) is 23.8 Å². The fraction of sp³-hybridized carbons (Fsp3) is 0.455. The molecule has 1 fully saturated rings. The average molecular weight is 193 g/mol. The number of benzene rings is 1. The van der Waals surface area contributed by atoms with Gasteiger partial charge in [0.1, 0.15) is 5.75 Å². The Morgan fingerprint density at radius 2 is 2.07 bits per heavy atom. The molecule has 1 heterocycles. The summed E-state index contributed by atoms with van der Waals surface area (Å²) in [6.07, 6.45) is 0.345. The van der Waals surface area contributed by atoms with Crippen LogP contribution in [0.25, 0.3) is 0 Å². The van der Waals surface area contributed by atoms with E-state index in [1.165, 1.54) is 0 Å². The molecule has 0 atom stereocenters. The third-order valence-electron chi connectivity index (χ3n) is 2.59. The number of methoxy groups -OCH3 is 1. The normalized spacial score (nSPS) is 16.9. The number of phenolic OH excluding ortho intramolecular Hbond substituents is 1. The van der Waals surface area contributed by atoms with Gasteiger partial charge in [-0.3, -0.25) is 0 Å². The molecule has 0 bridgehead atoms. The summed E-state index contributed by atoms with van der Waals surface area (Å²) in [4.78, 5) is 2.20. The number of anilines is 1. The fourth-order valence-corrected chi connectivity index (χ4v) is 1.72. The molecule has 1 aromatic rings. The molecule has 1 aliphatic rings. The molecule has 1 aromatic carbocycles. The molecule has 0 saturated carbocycles. The van der Waals surface area contributed by atoms with Crippen molar-refractivity contribution in [1.29, 1.82) is 0 Å². The largest absolute Gasteiger partial charge is 0.508 e. The van der Waals surface area contributed by atoms with E-state index in [0.29, 0.717) is 11.9 Å². The number of aromatic hydroxyl groups is 1. The topological polar surface area (TPSA) is 32.7 Å². The second kappa shape index (κ2) is 3.50. The third-order valence-corrected chi connectivity index (χ3v) is 2.59. The summed E-state index contributed by atoms with van der Waals surface area (Å²) >= 11 is 0. The Morgan fingerprint density at radius 1 is 1.36 bits per heavy atom. The van der Waals surface area contributed by atoms with Gasteiger partial charge in [-0.25, -0.2) is 0 Å². The molecule has 76 valence electrons. The molecule has 3 nitrogen and oxygen atoms in total. The van der Waals surface area contributed by atoms with Crippen molar-refractivity contribution >= 4 is 5.69 Å². The van der Waals surface area contributed by atoms with Crippen LogP contribution in [-0.4, -0.2) is 31.4 Å². The number of ether oxygens (including phenoxy) is 1. The zero-order chi connectivity index (χ0) is 10.1. The van der Waals surface area contributed by atoms with Crippen molar-refractivity contribution in [1.82, 2.24) is 0 Å². The smallest absolute Gasteiger partial charge is 0.117 e. The molecule has 2 rings (SSSR count). The Bertz CT molecular complexity index is 312. The molecule has 1 aliphatic heterocycles. The van der Waals surface area contributed by atoms with Crippen LogP contribution in [0.15, 0.2) is 18.2 Å². The summed E-state index contributed by atoms with van der Waals surface area (Å²) in [6.45, 7) is 3.82. The Morgan fingerprint density at radius 3 is 2.64 bits per heavy atom. The minimum Gasteiger partial charge on any atom is -0.508 e. The molecule has 1 N–H and O–H groups in total. The first-order valence-electron chi connectivity index (χ1n) is 4.77. The van der Waals surface area contributed by atoms with Crippen molar-refractivity contribution in [3.8, 4) is 5.75 Å². The lowest BCUT2D eigenvalue weighted by atomic mass is 10.1. The van der Waals surface area contributed by atoms with Gasteiger partial charge in [-0.05, 0) is 24.6 Å². The van der Waals surface area contributed by atoms with Gasteiger partial charge in [0.25, 0.3) is 0 Å². The summed E-state index contributed by atoms with van der Waals surface area (Å²) in [5, 5.41) is 9.43. The number of nitrogens with zero attached hydrogens (tertiary/aromatic N) is 1. The molecule has 0 radical (unpaired) electrons. The Kier molecular flexibility index (Phi) is 2.33. The van der Waals surface area contributed by atoms with Crippen molar-refractivity contribution in [2.45, 2.75) is 13.0 Å². The number of hydrogen-bond acceptors (Lipinski definition) is 3. The summed E-state index contributed by atoms with van der Waals surface area (Å²) in [5.74, 6) is 0.334. The summed E-state index contributed by atoms with van der Waals surface area (Å²) in [5.41, 5.74) is 2.16. The summed E-state index contributed by atoms with van der Waals surface area (Å²) in [6, 6.07) is 5.63. The zero-order valence-corrected chi connectivity index (χ0v) is 8.53. The first-order valence-corrected chi connectivity index (χ1v) is 4.77. The first-order chi connectivity index (χ1) is 6.69. The molecular weight excluding hydrogens is 178 g/mol. The Hall–Kier alpha value is -1.22. The van der Waals surface area contributed by atoms with Crippen LogP contribution in [0.1, 0.15) is 5.56 Å². The maximum absolute atomic E-state index is 9.43. The molecule has 1 saturated heterocycles. The minimum absolute atomic E-state index is 0.334. The van der Waals surface area contributed by atoms with E-state index in [2.05, 4.69) is 11.0 Å². The van der Waals surface area contributed by atoms with E-state index in [-0.39, 0.29) is 0 Å². The molecule has 0 spiro atoms. The molecule has 3 heteroatoms. The van der Waals surface area contributed by atoms with Gasteiger partial charge in [0, 0.05) is 32.0 Å². The van der Waals surface area contributed by atoms with Crippen LogP contribution in [0.4, 0.5) is 5.69 Å². The predicted octanol–water partition coefficient (Wildman–Crippen LogP) is 1.54. The second-order valence-electron chi connectivity index (χ2n) is 3.79. The van der Waals surface area contributed by atoms with Gasteiger partial charge < -0.3 is 14.7 Å². The van der Waals surface area contributed by atoms with Crippen LogP contribution in [0.2, 0.25) is 0 Å². The second-order valence-corrected chi connectivity index (χ2v) is 3.79. The number of hydrogen-bond donors (Lipinski definition) is 1. The van der Waals surface area contributed by atoms with Crippen LogP contribution in [0, 0.1) is 6.92 Å². The third kappa shape index (κ3) is 1.68. The predicted molar refractivity (Wildman–Crippen MR) is 55.9 cm³/mol. The first kappa shape index (κ1) is 9.34. The molecule has 14 heavy (non-hydrogen) atoms. The summed E-state index contributed by atoms with van der Waals surface area (Å²) in [7, 11) is 1.73. The van der Waals surface area contributed by atoms with Gasteiger partial charge in [-0.15, -0.1) is 0 Å². The van der Waals surface area contributed by atoms with Gasteiger partial charge in [0.2, 0.25) is 0 Å². The number of aryl methyl sites for hydroxylation is 1. The van der Waals surface area contributed by atoms with Gasteiger partial charge >= 0.3 is 0 Å². The highest BCUT2D eigenvalue weighted by atomic mass is 16.5. The Balaban J connectivity index is 2.10. The van der Waals surface area contributed by atoms with Crippen LogP contribution in [-0.2, 0) is 4.74 Å². The molecule has 0 aliphatic carbocycles. The highest BCUT2D eigenvalue weighted by Crippen LogP contribution is 2.27. The Labute approximate surface area is 83.9 Å². The van der Waals surface area contributed by atoms with Crippen molar-refractivity contribution in [2.24, 2.45) is 0 Å². The maximum atomic E-state index is 9.43. The van der Waals surface area contributed by atoms with Crippen LogP contribution >= 0.6 is 0 Å². The van der Waals surface area contributed by atoms with Gasteiger partial charge in [0.15, 0.2) is 0 Å². The van der Waals surface area contributed by atoms with E-state index in [0.717, 1.165) is 24.3 Å². The highest BCUT2D eigenvalue weighted by Gasteiger charge is 2.26. The van der Waals surface area contributed by atoms with Crippen LogP contribution in [0.3, 0.4) is 0 Å². The van der Waals surface area contributed by atoms with E-state index < -0.39 is 0 Å². The quantitative estimate of drug-likeness (QED) is 0.773. The van der Waals surface area contributed by atoms with E-state index >= 15 is 0 Å². The van der Waals surface area contributed by atoms with Crippen molar-refractivity contribution in [3.63, 3.8) is 0 Å². The molecule has 0 aromatic heterocycles. The van der Waals surface area contributed by atoms with E-state index in [4.69, 9.17) is 4.74 Å². The lowest BCUT2D eigenvalue weighted by Gasteiger charge is -2.40. The monoisotopic (exact) mass is 193 g/mol. The molecular formula is C11H15NO2. The minimum atomic E-state index is 0.334. The summed E-state index contributed by atoms with van der Waals surface area (Å²) < 4.78 is 5.19. The van der Waals surface area contributed by atoms with E-state index in [1.54, 1.807) is 19.2 Å². The maximum Gasteiger partial charge on any atom is 0.117 e. The van der Waals surface area contributed by atoms with Gasteiger partial charge in [-0.1, -0.05) is 0 Å². The molecule has 0 unspecified atom stereocenters. The van der Waals surface area contributed by atoms with Crippen LogP contribution < -0.4 is 4.90 Å². The highest BCUT2D eigenvalue weighted by molar-refractivity contribution is 5.54. The fourth-order valence-electron chi connectivity index (χ4n) is 1.72. The van der Waals surface area contributed by atoms with Crippen molar-refractivity contribution < 1.29 is 9.84 Å². The van der Waals surface area contributed by atoms with Gasteiger partial charge in [0.05, 0.1) is 6.10 Å². The number of phenols is 1. The average Bonchev–Trinajstić information content (AvgIpc) is 2.00. The SMILES string of the molecule is COC1CN(c2cc(C)cc(O)c2)C1. The van der Waals surface area contributed by atoms with Gasteiger partial charge in [-0.2, -0.15) is 0 Å². The van der Waals surface area contributed by atoms with Crippen LogP contribution in [0.5, 0.6) is 5.75 Å². The van der Waals surface area contributed by atoms with Crippen molar-refractivity contribution in [2.75, 3.05) is 25.1 Å². The van der Waals surface area contributed by atoms with E-state index in [9.17, 15) is 5.11 Å². The lowest BCUT2D eigenvalue weighted by Crippen LogP contribution is -2.51. The molecule has 0 amide bonds. The zero-order valence-electron chi connectivity index (χ0n) is 8.53. The van der Waals surface area contributed by atoms with E-state index in [1.807, 2.05) is 6.92 Å².